The number of aromatic carboxylic acids is 1. The maximum absolute atomic E-state index is 13.4. The highest BCUT2D eigenvalue weighted by atomic mass is 19.4. The molecule has 0 spiro atoms. The van der Waals surface area contributed by atoms with Crippen molar-refractivity contribution in [1.29, 1.82) is 0 Å². The normalized spacial score (nSPS) is 17.9. The average Bonchev–Trinajstić information content (AvgIpc) is 3.71. The zero-order valence-corrected chi connectivity index (χ0v) is 21.8. The van der Waals surface area contributed by atoms with Gasteiger partial charge in [-0.25, -0.2) is 4.79 Å². The molecule has 12 heteroatoms. The third-order valence-corrected chi connectivity index (χ3v) is 7.67. The number of benzene rings is 2. The van der Waals surface area contributed by atoms with Crippen LogP contribution in [0.1, 0.15) is 64.7 Å². The minimum Gasteiger partial charge on any atom is -0.496 e. The van der Waals surface area contributed by atoms with Crippen LogP contribution in [0, 0.1) is 11.3 Å². The second-order valence-corrected chi connectivity index (χ2v) is 10.6. The van der Waals surface area contributed by atoms with Crippen LogP contribution in [0.5, 0.6) is 5.75 Å². The Morgan fingerprint density at radius 2 is 1.57 bits per heavy atom. The molecule has 2 aromatic rings. The van der Waals surface area contributed by atoms with Gasteiger partial charge in [0.15, 0.2) is 0 Å². The molecule has 0 atom stereocenters. The molecule has 0 radical (unpaired) electrons. The molecule has 1 aliphatic carbocycles. The number of piperidine rings is 1. The van der Waals surface area contributed by atoms with E-state index >= 15 is 0 Å². The quantitative estimate of drug-likeness (QED) is 0.354. The van der Waals surface area contributed by atoms with Crippen molar-refractivity contribution >= 4 is 11.9 Å². The van der Waals surface area contributed by atoms with Crippen LogP contribution in [0.2, 0.25) is 0 Å². The Balaban J connectivity index is 1.45. The number of hydrogen-bond donors (Lipinski definition) is 2. The third kappa shape index (κ3) is 7.07. The van der Waals surface area contributed by atoms with E-state index in [1.807, 2.05) is 0 Å². The van der Waals surface area contributed by atoms with Crippen molar-refractivity contribution in [2.24, 2.45) is 11.3 Å². The zero-order valence-electron chi connectivity index (χ0n) is 21.8. The predicted octanol–water partition coefficient (Wildman–Crippen LogP) is 6.13. The summed E-state index contributed by atoms with van der Waals surface area (Å²) in [5.74, 6) is -0.872. The summed E-state index contributed by atoms with van der Waals surface area (Å²) in [5, 5.41) is 12.1. The lowest BCUT2D eigenvalue weighted by atomic mass is 9.73. The van der Waals surface area contributed by atoms with Gasteiger partial charge in [-0.05, 0) is 79.7 Å². The molecule has 1 heterocycles. The monoisotopic (exact) mass is 572 g/mol. The van der Waals surface area contributed by atoms with Gasteiger partial charge in [-0.3, -0.25) is 9.69 Å². The van der Waals surface area contributed by atoms with Crippen LogP contribution in [0.4, 0.5) is 26.3 Å². The number of ether oxygens (including phenoxy) is 1. The lowest BCUT2D eigenvalue weighted by molar-refractivity contribution is -0.143. The Bertz CT molecular complexity index is 1220. The van der Waals surface area contributed by atoms with Crippen molar-refractivity contribution in [2.75, 3.05) is 20.2 Å². The highest BCUT2D eigenvalue weighted by Gasteiger charge is 2.45. The molecule has 2 aromatic carbocycles. The molecule has 1 saturated heterocycles. The molecule has 4 rings (SSSR count). The molecule has 2 aliphatic rings. The van der Waals surface area contributed by atoms with Crippen molar-refractivity contribution in [3.63, 3.8) is 0 Å². The lowest BCUT2D eigenvalue weighted by Crippen LogP contribution is -2.48. The van der Waals surface area contributed by atoms with Gasteiger partial charge in [0.25, 0.3) is 0 Å². The largest absolute Gasteiger partial charge is 0.496 e. The smallest absolute Gasteiger partial charge is 0.416 e. The van der Waals surface area contributed by atoms with Crippen molar-refractivity contribution < 1.29 is 45.8 Å². The molecule has 1 amide bonds. The summed E-state index contributed by atoms with van der Waals surface area (Å²) < 4.78 is 84.5. The third-order valence-electron chi connectivity index (χ3n) is 7.67. The molecule has 0 unspecified atom stereocenters. The number of nitrogens with one attached hydrogen (secondary N) is 1. The first-order chi connectivity index (χ1) is 18.7. The predicted molar refractivity (Wildman–Crippen MR) is 133 cm³/mol. The fourth-order valence-corrected chi connectivity index (χ4v) is 5.31. The number of carbonyl (C=O) groups excluding carboxylic acids is 1. The molecule has 0 bridgehead atoms. The number of likely N-dealkylation sites (tertiary alicyclic amines) is 1. The van der Waals surface area contributed by atoms with E-state index in [0.717, 1.165) is 18.4 Å². The Kier molecular flexibility index (Phi) is 8.39. The van der Waals surface area contributed by atoms with Crippen molar-refractivity contribution in [1.82, 2.24) is 10.2 Å². The summed E-state index contributed by atoms with van der Waals surface area (Å²) in [4.78, 5) is 27.1. The molecule has 40 heavy (non-hydrogen) atoms. The minimum absolute atomic E-state index is 0.0442. The fourth-order valence-electron chi connectivity index (χ4n) is 5.31. The van der Waals surface area contributed by atoms with Gasteiger partial charge in [0.2, 0.25) is 5.91 Å². The van der Waals surface area contributed by atoms with E-state index in [4.69, 9.17) is 4.74 Å². The first kappa shape index (κ1) is 29.7. The van der Waals surface area contributed by atoms with Crippen molar-refractivity contribution in [2.45, 2.75) is 57.5 Å². The summed E-state index contributed by atoms with van der Waals surface area (Å²) in [6.07, 6.45) is -6.43. The van der Waals surface area contributed by atoms with E-state index in [0.29, 0.717) is 56.9 Å². The molecule has 2 N–H and O–H groups in total. The number of carbonyl (C=O) groups is 2. The Morgan fingerprint density at radius 3 is 2.08 bits per heavy atom. The number of rotatable bonds is 9. The average molecular weight is 573 g/mol. The van der Waals surface area contributed by atoms with E-state index in [2.05, 4.69) is 10.2 Å². The highest BCUT2D eigenvalue weighted by Crippen LogP contribution is 2.46. The summed E-state index contributed by atoms with van der Waals surface area (Å²) in [6.45, 7) is 1.05. The Labute approximate surface area is 227 Å². The summed E-state index contributed by atoms with van der Waals surface area (Å²) in [7, 11) is 1.39. The number of nitrogens with zero attached hydrogens (tertiary/aromatic N) is 1. The van der Waals surface area contributed by atoms with E-state index < -0.39 is 41.4 Å². The van der Waals surface area contributed by atoms with E-state index in [1.165, 1.54) is 7.11 Å². The molecule has 6 nitrogen and oxygen atoms in total. The van der Waals surface area contributed by atoms with E-state index in [1.54, 1.807) is 18.2 Å². The number of alkyl halides is 6. The summed E-state index contributed by atoms with van der Waals surface area (Å²) >= 11 is 0. The summed E-state index contributed by atoms with van der Waals surface area (Å²) in [5.41, 5.74) is -3.08. The van der Waals surface area contributed by atoms with Gasteiger partial charge >= 0.3 is 18.3 Å². The van der Waals surface area contributed by atoms with Gasteiger partial charge in [0.05, 0.1) is 23.7 Å². The van der Waals surface area contributed by atoms with Crippen molar-refractivity contribution in [3.05, 3.63) is 64.2 Å². The molecule has 1 saturated carbocycles. The SMILES string of the molecule is COc1ccc(CN2CCC(CC3CC3)(C(=O)NCc3cc(C(F)(F)F)cc(C(F)(F)F)c3)CC2)cc1C(=O)O. The molecule has 0 aromatic heterocycles. The van der Waals surface area contributed by atoms with Gasteiger partial charge in [-0.2, -0.15) is 26.3 Å². The van der Waals surface area contributed by atoms with E-state index in [9.17, 15) is 41.0 Å². The first-order valence-corrected chi connectivity index (χ1v) is 12.9. The van der Waals surface area contributed by atoms with Crippen LogP contribution in [-0.4, -0.2) is 42.1 Å². The molecular formula is C28H30F6N2O4. The number of carboxylic acids is 1. The van der Waals surface area contributed by atoms with Gasteiger partial charge in [0, 0.05) is 13.1 Å². The fraction of sp³-hybridized carbons (Fsp3) is 0.500. The standard InChI is InChI=1S/C28H30F6N2O4/c1-40-23-5-4-18(12-22(23)24(37)38)16-36-8-6-26(7-9-36,14-17-2-3-17)25(39)35-15-19-10-20(27(29,30)31)13-21(11-19)28(32,33)34/h4-5,10-13,17H,2-3,6-9,14-16H2,1H3,(H,35,39)(H,37,38). The maximum atomic E-state index is 13.4. The van der Waals surface area contributed by atoms with Gasteiger partial charge < -0.3 is 15.2 Å². The van der Waals surface area contributed by atoms with Crippen LogP contribution in [0.15, 0.2) is 36.4 Å². The minimum atomic E-state index is -4.96. The van der Waals surface area contributed by atoms with Crippen LogP contribution >= 0.6 is 0 Å². The molecular weight excluding hydrogens is 542 g/mol. The second-order valence-electron chi connectivity index (χ2n) is 10.6. The first-order valence-electron chi connectivity index (χ1n) is 12.9. The maximum Gasteiger partial charge on any atom is 0.416 e. The van der Waals surface area contributed by atoms with Gasteiger partial charge in [-0.15, -0.1) is 0 Å². The van der Waals surface area contributed by atoms with E-state index in [-0.39, 0.29) is 28.8 Å². The number of amides is 1. The molecule has 218 valence electrons. The topological polar surface area (TPSA) is 78.9 Å². The van der Waals surface area contributed by atoms with Crippen LogP contribution < -0.4 is 10.1 Å². The van der Waals surface area contributed by atoms with Crippen LogP contribution in [0.3, 0.4) is 0 Å². The highest BCUT2D eigenvalue weighted by molar-refractivity contribution is 5.91. The van der Waals surface area contributed by atoms with Gasteiger partial charge in [0.1, 0.15) is 11.3 Å². The molecule has 2 fully saturated rings. The Hall–Kier alpha value is -3.28. The number of carboxylic acid groups (broad SMARTS) is 1. The second kappa shape index (κ2) is 11.3. The number of halogens is 6. The number of methoxy groups -OCH3 is 1. The van der Waals surface area contributed by atoms with Crippen molar-refractivity contribution in [3.8, 4) is 5.75 Å². The molecule has 1 aliphatic heterocycles. The zero-order chi connectivity index (χ0) is 29.3. The van der Waals surface area contributed by atoms with Crippen LogP contribution in [-0.2, 0) is 30.2 Å². The lowest BCUT2D eigenvalue weighted by Gasteiger charge is -2.41. The summed E-state index contributed by atoms with van der Waals surface area (Å²) in [6, 6.07) is 6.24. The Morgan fingerprint density at radius 1 is 0.975 bits per heavy atom. The van der Waals surface area contributed by atoms with Gasteiger partial charge in [-0.1, -0.05) is 18.9 Å². The van der Waals surface area contributed by atoms with Crippen LogP contribution in [0.25, 0.3) is 0 Å². The number of hydrogen-bond acceptors (Lipinski definition) is 4.